The number of aryl methyl sites for hydroxylation is 2. The Kier molecular flexibility index (Phi) is 30.5. The van der Waals surface area contributed by atoms with Crippen molar-refractivity contribution in [3.05, 3.63) is 120 Å². The van der Waals surface area contributed by atoms with Crippen molar-refractivity contribution in [3.63, 3.8) is 0 Å². The largest absolute Gasteiger partial charge is 0.494 e. The van der Waals surface area contributed by atoms with Gasteiger partial charge in [0.05, 0.1) is 30.7 Å². The highest BCUT2D eigenvalue weighted by Gasteiger charge is 2.26. The molecule has 0 saturated carbocycles. The fourth-order valence-corrected chi connectivity index (χ4v) is 5.45. The number of ether oxygens (including phenoxy) is 4. The number of carbonyl (C=O) groups is 3. The van der Waals surface area contributed by atoms with Gasteiger partial charge in [0.2, 0.25) is 0 Å². The Morgan fingerprint density at radius 2 is 1.27 bits per heavy atom. The van der Waals surface area contributed by atoms with Crippen LogP contribution in [0.3, 0.4) is 0 Å². The van der Waals surface area contributed by atoms with Gasteiger partial charge in [-0.15, -0.1) is 0 Å². The molecule has 1 aliphatic rings. The zero-order valence-electron chi connectivity index (χ0n) is 37.3. The summed E-state index contributed by atoms with van der Waals surface area (Å²) in [6, 6.07) is 20.0. The Balaban J connectivity index is 0.00000308. The summed E-state index contributed by atoms with van der Waals surface area (Å²) in [6.45, 7) is 27.9. The van der Waals surface area contributed by atoms with Gasteiger partial charge in [0.15, 0.2) is 0 Å². The maximum absolute atomic E-state index is 11.4. The van der Waals surface area contributed by atoms with Gasteiger partial charge in [-0.1, -0.05) is 85.5 Å². The van der Waals surface area contributed by atoms with Gasteiger partial charge in [0.1, 0.15) is 30.2 Å². The van der Waals surface area contributed by atoms with Crippen molar-refractivity contribution < 1.29 is 33.3 Å². The fraction of sp³-hybridized carbons (Fsp3) is 0.420. The Hall–Kier alpha value is -5.41. The summed E-state index contributed by atoms with van der Waals surface area (Å²) in [5, 5.41) is 0. The number of aliphatic imine (C=N–C) groups is 2. The third-order valence-electron chi connectivity index (χ3n) is 8.48. The molecule has 0 radical (unpaired) electrons. The van der Waals surface area contributed by atoms with Gasteiger partial charge >= 0.3 is 5.97 Å². The molecule has 0 bridgehead atoms. The van der Waals surface area contributed by atoms with Gasteiger partial charge in [-0.3, -0.25) is 19.6 Å². The van der Waals surface area contributed by atoms with E-state index in [4.69, 9.17) is 28.7 Å². The molecule has 1 heterocycles. The van der Waals surface area contributed by atoms with Gasteiger partial charge in [0, 0.05) is 38.0 Å². The molecule has 3 aromatic carbocycles. The number of rotatable bonds is 21. The summed E-state index contributed by atoms with van der Waals surface area (Å²) >= 11 is 0. The lowest BCUT2D eigenvalue weighted by Crippen LogP contribution is -2.12. The van der Waals surface area contributed by atoms with Crippen LogP contribution in [0.15, 0.2) is 108 Å². The molecule has 0 amide bonds. The van der Waals surface area contributed by atoms with E-state index in [1.165, 1.54) is 6.08 Å². The zero-order valence-corrected chi connectivity index (χ0v) is 37.3. The first-order valence-electron chi connectivity index (χ1n) is 20.9. The number of methoxy groups -OCH3 is 1. The van der Waals surface area contributed by atoms with E-state index in [2.05, 4.69) is 24.7 Å². The third-order valence-corrected chi connectivity index (χ3v) is 8.48. The lowest BCUT2D eigenvalue weighted by Gasteiger charge is -2.14. The number of carbonyl (C=O) groups excluding carboxylic acids is 3. The molecule has 0 aromatic heterocycles. The van der Waals surface area contributed by atoms with Crippen LogP contribution in [0.5, 0.6) is 11.5 Å². The van der Waals surface area contributed by atoms with E-state index in [0.717, 1.165) is 89.9 Å². The van der Waals surface area contributed by atoms with Crippen molar-refractivity contribution in [1.82, 2.24) is 0 Å². The van der Waals surface area contributed by atoms with Crippen molar-refractivity contribution >= 4 is 42.3 Å². The monoisotopic (exact) mass is 811 g/mol. The summed E-state index contributed by atoms with van der Waals surface area (Å²) in [6.07, 6.45) is 12.9. The molecule has 1 fully saturated rings. The van der Waals surface area contributed by atoms with E-state index in [-0.39, 0.29) is 18.2 Å². The van der Waals surface area contributed by atoms with Crippen molar-refractivity contribution in [3.8, 4) is 11.5 Å². The Bertz CT molecular complexity index is 1720. The lowest BCUT2D eigenvalue weighted by molar-refractivity contribution is -0.139. The second-order valence-electron chi connectivity index (χ2n) is 12.8. The first-order chi connectivity index (χ1) is 28.6. The van der Waals surface area contributed by atoms with Crippen molar-refractivity contribution in [2.75, 3.05) is 20.3 Å². The van der Waals surface area contributed by atoms with Crippen molar-refractivity contribution in [2.45, 2.75) is 119 Å². The molecule has 59 heavy (non-hydrogen) atoms. The van der Waals surface area contributed by atoms with E-state index in [1.807, 2.05) is 128 Å². The number of aldehydes is 2. The van der Waals surface area contributed by atoms with Gasteiger partial charge in [-0.25, -0.2) is 4.79 Å². The summed E-state index contributed by atoms with van der Waals surface area (Å²) < 4.78 is 22.6. The molecule has 2 unspecified atom stereocenters. The van der Waals surface area contributed by atoms with E-state index in [0.29, 0.717) is 43.5 Å². The normalized spacial score (nSPS) is 13.2. The number of allylic oxidation sites excluding steroid dienone is 1. The van der Waals surface area contributed by atoms with E-state index >= 15 is 0 Å². The van der Waals surface area contributed by atoms with Crippen LogP contribution in [0.1, 0.15) is 115 Å². The van der Waals surface area contributed by atoms with Gasteiger partial charge in [-0.2, -0.15) is 0 Å². The maximum atomic E-state index is 11.4. The van der Waals surface area contributed by atoms with Gasteiger partial charge in [0.25, 0.3) is 0 Å². The molecule has 322 valence electrons. The quantitative estimate of drug-likeness (QED) is 0.0346. The number of hydrogen-bond donors (Lipinski definition) is 0. The maximum Gasteiger partial charge on any atom is 0.333 e. The van der Waals surface area contributed by atoms with E-state index in [1.54, 1.807) is 7.11 Å². The van der Waals surface area contributed by atoms with Crippen LogP contribution in [0, 0.1) is 13.8 Å². The molecular formula is C50H70N2O7. The molecule has 0 N–H and O–H groups in total. The minimum atomic E-state index is -0.264. The van der Waals surface area contributed by atoms with Crippen LogP contribution in [0.25, 0.3) is 0 Å². The van der Waals surface area contributed by atoms with Crippen LogP contribution in [-0.4, -0.2) is 63.5 Å². The SMILES string of the molecule is C=C(C=O)CC(CCCCOc1ccc(N=Cc2ccc(C=Nc3ccc(OCCCCC4CC(=C)C(=O)O4)cc3C)cc2)c(C)c1)OC.C=CC=O.CC.CC.CC. The standard InChI is InChI=1S/C41H48N2O6.C3H4O.3C2H6/c1-29(28-44)22-35(46-5)10-6-8-20-47-36-16-18-39(30(2)23-36)42-26-33-12-14-34(15-13-33)27-43-40-19-17-37(24-31(40)3)48-21-9-7-11-38-25-32(4)41(45)49-38;1-2-3-4;3*1-2/h12-19,23-24,26-28,35,38H,1,4,6-11,20-22,25H2,2-3,5H3;2-3H,1H2;3*1-2H3. The second-order valence-corrected chi connectivity index (χ2v) is 12.8. The molecule has 9 nitrogen and oxygen atoms in total. The van der Waals surface area contributed by atoms with Crippen LogP contribution >= 0.6 is 0 Å². The molecular weight excluding hydrogens is 741 g/mol. The van der Waals surface area contributed by atoms with Crippen LogP contribution in [0.4, 0.5) is 11.4 Å². The Morgan fingerprint density at radius 1 is 0.797 bits per heavy atom. The van der Waals surface area contributed by atoms with Crippen molar-refractivity contribution in [2.24, 2.45) is 9.98 Å². The predicted molar refractivity (Wildman–Crippen MR) is 247 cm³/mol. The average molecular weight is 811 g/mol. The average Bonchev–Trinajstić information content (AvgIpc) is 3.60. The minimum absolute atomic E-state index is 0.0122. The van der Waals surface area contributed by atoms with Crippen LogP contribution < -0.4 is 9.47 Å². The lowest BCUT2D eigenvalue weighted by atomic mass is 10.1. The Labute approximate surface area is 355 Å². The Morgan fingerprint density at radius 3 is 1.66 bits per heavy atom. The summed E-state index contributed by atoms with van der Waals surface area (Å²) in [5.41, 5.74) is 6.98. The summed E-state index contributed by atoms with van der Waals surface area (Å²) in [5.74, 6) is 1.38. The molecule has 9 heteroatoms. The van der Waals surface area contributed by atoms with E-state index in [9.17, 15) is 9.59 Å². The van der Waals surface area contributed by atoms with Crippen LogP contribution in [0.2, 0.25) is 0 Å². The van der Waals surface area contributed by atoms with Crippen LogP contribution in [-0.2, 0) is 23.9 Å². The van der Waals surface area contributed by atoms with Crippen molar-refractivity contribution in [1.29, 1.82) is 0 Å². The molecule has 0 spiro atoms. The minimum Gasteiger partial charge on any atom is -0.494 e. The molecule has 0 aliphatic carbocycles. The van der Waals surface area contributed by atoms with E-state index < -0.39 is 0 Å². The first kappa shape index (κ1) is 53.6. The summed E-state index contributed by atoms with van der Waals surface area (Å²) in [7, 11) is 1.67. The highest BCUT2D eigenvalue weighted by molar-refractivity contribution is 5.90. The number of cyclic esters (lactones) is 1. The molecule has 2 atom stereocenters. The molecule has 1 aliphatic heterocycles. The topological polar surface area (TPSA) is 113 Å². The highest BCUT2D eigenvalue weighted by Crippen LogP contribution is 2.26. The number of benzene rings is 3. The number of esters is 1. The fourth-order valence-electron chi connectivity index (χ4n) is 5.45. The molecule has 3 aromatic rings. The molecule has 4 rings (SSSR count). The zero-order chi connectivity index (χ0) is 44.4. The smallest absolute Gasteiger partial charge is 0.333 e. The summed E-state index contributed by atoms with van der Waals surface area (Å²) in [4.78, 5) is 40.7. The highest BCUT2D eigenvalue weighted by atomic mass is 16.5. The predicted octanol–water partition coefficient (Wildman–Crippen LogP) is 12.4. The number of unbranched alkanes of at least 4 members (excludes halogenated alkanes) is 2. The van der Waals surface area contributed by atoms with Gasteiger partial charge in [-0.05, 0) is 123 Å². The molecule has 1 saturated heterocycles. The number of hydrogen-bond acceptors (Lipinski definition) is 9. The number of nitrogens with zero attached hydrogens (tertiary/aromatic N) is 2. The first-order valence-corrected chi connectivity index (χ1v) is 20.9. The third kappa shape index (κ3) is 22.4. The second kappa shape index (κ2) is 33.6. The van der Waals surface area contributed by atoms with Gasteiger partial charge < -0.3 is 18.9 Å².